The lowest BCUT2D eigenvalue weighted by Gasteiger charge is -2.10. The fourth-order valence-corrected chi connectivity index (χ4v) is 1.69. The van der Waals surface area contributed by atoms with Gasteiger partial charge < -0.3 is 10.5 Å². The van der Waals surface area contributed by atoms with Gasteiger partial charge in [-0.1, -0.05) is 11.6 Å². The van der Waals surface area contributed by atoms with Gasteiger partial charge in [0.1, 0.15) is 5.75 Å². The van der Waals surface area contributed by atoms with E-state index in [-0.39, 0.29) is 0 Å². The van der Waals surface area contributed by atoms with Gasteiger partial charge in [-0.2, -0.15) is 0 Å². The number of hydrogen-bond acceptors (Lipinski definition) is 3. The van der Waals surface area contributed by atoms with E-state index in [2.05, 4.69) is 4.98 Å². The van der Waals surface area contributed by atoms with Crippen molar-refractivity contribution in [2.24, 2.45) is 0 Å². The number of nitrogens with two attached hydrogens (primary N) is 1. The van der Waals surface area contributed by atoms with Crippen molar-refractivity contribution in [2.75, 3.05) is 5.73 Å². The van der Waals surface area contributed by atoms with Gasteiger partial charge in [0.15, 0.2) is 5.75 Å². The zero-order valence-electron chi connectivity index (χ0n) is 9.70. The molecule has 0 aliphatic rings. The third-order valence-electron chi connectivity index (χ3n) is 2.45. The van der Waals surface area contributed by atoms with Crippen LogP contribution in [0.5, 0.6) is 11.5 Å². The monoisotopic (exact) mass is 248 g/mol. The SMILES string of the molecule is Cc1cc(Oc2ccncc2N)cc(C)c1Cl. The number of aromatic nitrogens is 1. The molecule has 0 unspecified atom stereocenters. The highest BCUT2D eigenvalue weighted by molar-refractivity contribution is 6.32. The Morgan fingerprint density at radius 3 is 2.47 bits per heavy atom. The molecule has 2 N–H and O–H groups in total. The van der Waals surface area contributed by atoms with Gasteiger partial charge in [-0.15, -0.1) is 0 Å². The van der Waals surface area contributed by atoms with Crippen LogP contribution >= 0.6 is 11.6 Å². The molecule has 2 rings (SSSR count). The van der Waals surface area contributed by atoms with Crippen molar-refractivity contribution in [2.45, 2.75) is 13.8 Å². The van der Waals surface area contributed by atoms with Crippen molar-refractivity contribution in [3.05, 3.63) is 46.7 Å². The predicted octanol–water partition coefficient (Wildman–Crippen LogP) is 3.73. The number of anilines is 1. The molecule has 0 amide bonds. The van der Waals surface area contributed by atoms with Crippen LogP contribution in [0.15, 0.2) is 30.6 Å². The molecule has 0 spiro atoms. The van der Waals surface area contributed by atoms with E-state index < -0.39 is 0 Å². The van der Waals surface area contributed by atoms with Crippen LogP contribution in [0.3, 0.4) is 0 Å². The number of benzene rings is 1. The van der Waals surface area contributed by atoms with Gasteiger partial charge in [0.2, 0.25) is 0 Å². The Hall–Kier alpha value is -1.74. The number of halogens is 1. The van der Waals surface area contributed by atoms with Crippen molar-refractivity contribution in [1.82, 2.24) is 4.98 Å². The van der Waals surface area contributed by atoms with Gasteiger partial charge in [0.25, 0.3) is 0 Å². The summed E-state index contributed by atoms with van der Waals surface area (Å²) in [5, 5.41) is 0.764. The number of ether oxygens (including phenoxy) is 1. The highest BCUT2D eigenvalue weighted by Crippen LogP contribution is 2.31. The predicted molar refractivity (Wildman–Crippen MR) is 69.6 cm³/mol. The maximum absolute atomic E-state index is 6.09. The fourth-order valence-electron chi connectivity index (χ4n) is 1.58. The summed E-state index contributed by atoms with van der Waals surface area (Å²) in [5.74, 6) is 1.32. The van der Waals surface area contributed by atoms with E-state index in [0.717, 1.165) is 21.9 Å². The minimum atomic E-state index is 0.512. The number of rotatable bonds is 2. The smallest absolute Gasteiger partial charge is 0.153 e. The van der Waals surface area contributed by atoms with Gasteiger partial charge in [-0.05, 0) is 37.1 Å². The molecule has 0 bridgehead atoms. The normalized spacial score (nSPS) is 10.3. The second kappa shape index (κ2) is 4.63. The molecule has 0 saturated heterocycles. The Bertz CT molecular complexity index is 532. The molecule has 88 valence electrons. The van der Waals surface area contributed by atoms with E-state index in [4.69, 9.17) is 22.1 Å². The maximum atomic E-state index is 6.09. The molecule has 3 nitrogen and oxygen atoms in total. The van der Waals surface area contributed by atoms with Crippen LogP contribution < -0.4 is 10.5 Å². The zero-order valence-corrected chi connectivity index (χ0v) is 10.5. The fraction of sp³-hybridized carbons (Fsp3) is 0.154. The maximum Gasteiger partial charge on any atom is 0.153 e. The Kier molecular flexibility index (Phi) is 3.20. The van der Waals surface area contributed by atoms with Crippen molar-refractivity contribution >= 4 is 17.3 Å². The molecule has 0 fully saturated rings. The number of pyridine rings is 1. The third-order valence-corrected chi connectivity index (χ3v) is 3.04. The number of hydrogen-bond donors (Lipinski definition) is 1. The van der Waals surface area contributed by atoms with E-state index in [1.807, 2.05) is 26.0 Å². The van der Waals surface area contributed by atoms with Crippen LogP contribution in [0.1, 0.15) is 11.1 Å². The molecule has 1 aromatic heterocycles. The number of nitrogens with zero attached hydrogens (tertiary/aromatic N) is 1. The summed E-state index contributed by atoms with van der Waals surface area (Å²) in [6, 6.07) is 5.50. The summed E-state index contributed by atoms with van der Waals surface area (Å²) in [7, 11) is 0. The first-order chi connectivity index (χ1) is 8.08. The molecule has 0 saturated carbocycles. The second-order valence-electron chi connectivity index (χ2n) is 3.89. The molecule has 0 radical (unpaired) electrons. The van der Waals surface area contributed by atoms with Crippen molar-refractivity contribution in [3.8, 4) is 11.5 Å². The zero-order chi connectivity index (χ0) is 12.4. The van der Waals surface area contributed by atoms with Crippen molar-refractivity contribution in [1.29, 1.82) is 0 Å². The second-order valence-corrected chi connectivity index (χ2v) is 4.26. The van der Waals surface area contributed by atoms with Crippen LogP contribution in [-0.2, 0) is 0 Å². The van der Waals surface area contributed by atoms with Gasteiger partial charge in [0, 0.05) is 17.3 Å². The summed E-state index contributed by atoms with van der Waals surface area (Å²) in [4.78, 5) is 3.91. The Labute approximate surface area is 105 Å². The quantitative estimate of drug-likeness (QED) is 0.881. The molecule has 0 aliphatic carbocycles. The first-order valence-electron chi connectivity index (χ1n) is 5.22. The third kappa shape index (κ3) is 2.50. The highest BCUT2D eigenvalue weighted by Gasteiger charge is 2.06. The largest absolute Gasteiger partial charge is 0.455 e. The van der Waals surface area contributed by atoms with E-state index in [1.54, 1.807) is 18.5 Å². The molecule has 2 aromatic rings. The molecular weight excluding hydrogens is 236 g/mol. The van der Waals surface area contributed by atoms with Crippen molar-refractivity contribution in [3.63, 3.8) is 0 Å². The van der Waals surface area contributed by atoms with E-state index in [9.17, 15) is 0 Å². The summed E-state index contributed by atoms with van der Waals surface area (Å²) in [5.41, 5.74) is 8.23. The van der Waals surface area contributed by atoms with Gasteiger partial charge >= 0.3 is 0 Å². The summed E-state index contributed by atoms with van der Waals surface area (Å²) >= 11 is 6.09. The molecule has 0 aliphatic heterocycles. The Morgan fingerprint density at radius 2 is 1.88 bits per heavy atom. The average Bonchev–Trinajstić information content (AvgIpc) is 2.29. The Morgan fingerprint density at radius 1 is 1.24 bits per heavy atom. The number of aryl methyl sites for hydroxylation is 2. The van der Waals surface area contributed by atoms with E-state index >= 15 is 0 Å². The molecular formula is C13H13ClN2O. The highest BCUT2D eigenvalue weighted by atomic mass is 35.5. The molecule has 1 heterocycles. The van der Waals surface area contributed by atoms with Crippen LogP contribution in [0.2, 0.25) is 5.02 Å². The molecule has 1 aromatic carbocycles. The minimum absolute atomic E-state index is 0.512. The van der Waals surface area contributed by atoms with Crippen molar-refractivity contribution < 1.29 is 4.74 Å². The van der Waals surface area contributed by atoms with Crippen LogP contribution in [-0.4, -0.2) is 4.98 Å². The van der Waals surface area contributed by atoms with Gasteiger partial charge in [-0.3, -0.25) is 4.98 Å². The van der Waals surface area contributed by atoms with E-state index in [1.165, 1.54) is 0 Å². The lowest BCUT2D eigenvalue weighted by molar-refractivity contribution is 0.483. The molecule has 4 heteroatoms. The van der Waals surface area contributed by atoms with Crippen LogP contribution in [0, 0.1) is 13.8 Å². The minimum Gasteiger partial charge on any atom is -0.455 e. The Balaban J connectivity index is 2.34. The summed E-state index contributed by atoms with van der Waals surface area (Å²) < 4.78 is 5.70. The summed E-state index contributed by atoms with van der Waals surface area (Å²) in [6.45, 7) is 3.89. The topological polar surface area (TPSA) is 48.1 Å². The lowest BCUT2D eigenvalue weighted by Crippen LogP contribution is -1.93. The standard InChI is InChI=1S/C13H13ClN2O/c1-8-5-10(6-9(2)13(8)14)17-12-3-4-16-7-11(12)15/h3-7H,15H2,1-2H3. The molecule has 17 heavy (non-hydrogen) atoms. The summed E-state index contributed by atoms with van der Waals surface area (Å²) in [6.07, 6.45) is 3.20. The average molecular weight is 249 g/mol. The molecule has 0 atom stereocenters. The van der Waals surface area contributed by atoms with Crippen LogP contribution in [0.25, 0.3) is 0 Å². The first-order valence-corrected chi connectivity index (χ1v) is 5.60. The lowest BCUT2D eigenvalue weighted by atomic mass is 10.1. The van der Waals surface area contributed by atoms with Gasteiger partial charge in [-0.25, -0.2) is 0 Å². The first kappa shape index (κ1) is 11.7. The van der Waals surface area contributed by atoms with E-state index in [0.29, 0.717) is 11.4 Å². The van der Waals surface area contributed by atoms with Crippen LogP contribution in [0.4, 0.5) is 5.69 Å². The number of nitrogen functional groups attached to an aromatic ring is 1. The van der Waals surface area contributed by atoms with Gasteiger partial charge in [0.05, 0.1) is 11.9 Å².